The molecule has 0 aliphatic carbocycles. The molecule has 0 aliphatic heterocycles. The van der Waals surface area contributed by atoms with Crippen LogP contribution in [0.25, 0.3) is 0 Å². The highest BCUT2D eigenvalue weighted by Crippen LogP contribution is 2.27. The molecule has 18 heavy (non-hydrogen) atoms. The zero-order chi connectivity index (χ0) is 13.1. The van der Waals surface area contributed by atoms with Crippen molar-refractivity contribution in [3.05, 3.63) is 59.7 Å². The van der Waals surface area contributed by atoms with Crippen LogP contribution in [-0.4, -0.2) is 8.76 Å². The second-order valence-corrected chi connectivity index (χ2v) is 5.02. The Morgan fingerprint density at radius 1 is 0.833 bits per heavy atom. The van der Waals surface area contributed by atoms with Crippen molar-refractivity contribution in [1.82, 2.24) is 0 Å². The van der Waals surface area contributed by atoms with Crippen molar-refractivity contribution < 1.29 is 8.76 Å². The normalized spacial score (nSPS) is 12.2. The van der Waals surface area contributed by atoms with E-state index in [1.165, 1.54) is 4.31 Å². The van der Waals surface area contributed by atoms with E-state index in [1.807, 2.05) is 62.4 Å². The molecule has 2 aromatic carbocycles. The van der Waals surface area contributed by atoms with Crippen LogP contribution in [-0.2, 0) is 11.3 Å². The second kappa shape index (κ2) is 5.33. The molecule has 0 radical (unpaired) electrons. The van der Waals surface area contributed by atoms with Crippen LogP contribution in [0.4, 0.5) is 11.4 Å². The van der Waals surface area contributed by atoms with Crippen LogP contribution < -0.4 is 4.31 Å². The summed E-state index contributed by atoms with van der Waals surface area (Å²) in [6.45, 7) is 3.96. The molecule has 0 bridgehead atoms. The van der Waals surface area contributed by atoms with Crippen LogP contribution in [0.3, 0.4) is 0 Å². The number of aryl methyl sites for hydroxylation is 2. The molecule has 0 aromatic heterocycles. The maximum Gasteiger partial charge on any atom is 0.266 e. The van der Waals surface area contributed by atoms with Crippen LogP contribution in [0, 0.1) is 13.8 Å². The highest BCUT2D eigenvalue weighted by atomic mass is 32.2. The lowest BCUT2D eigenvalue weighted by Gasteiger charge is -2.20. The lowest BCUT2D eigenvalue weighted by molar-refractivity contribution is 0.564. The van der Waals surface area contributed by atoms with Crippen molar-refractivity contribution in [2.45, 2.75) is 13.8 Å². The number of benzene rings is 2. The first-order valence-corrected chi connectivity index (χ1v) is 6.69. The molecule has 0 saturated heterocycles. The average Bonchev–Trinajstić information content (AvgIpc) is 2.34. The van der Waals surface area contributed by atoms with Gasteiger partial charge in [-0.15, -0.1) is 0 Å². The lowest BCUT2D eigenvalue weighted by atomic mass is 10.2. The largest absolute Gasteiger partial charge is 0.289 e. The first kappa shape index (κ1) is 12.8. The van der Waals surface area contributed by atoms with Gasteiger partial charge in [0.15, 0.2) is 0 Å². The summed E-state index contributed by atoms with van der Waals surface area (Å²) < 4.78 is 22.4. The highest BCUT2D eigenvalue weighted by Gasteiger charge is 2.14. The van der Waals surface area contributed by atoms with Gasteiger partial charge < -0.3 is 0 Å². The smallest absolute Gasteiger partial charge is 0.266 e. The molecule has 1 N–H and O–H groups in total. The first-order valence-electron chi connectivity index (χ1n) is 5.62. The van der Waals surface area contributed by atoms with Crippen LogP contribution in [0.5, 0.6) is 0 Å². The summed E-state index contributed by atoms with van der Waals surface area (Å²) in [5.41, 5.74) is 3.63. The molecule has 0 aliphatic rings. The molecule has 0 fully saturated rings. The van der Waals surface area contributed by atoms with E-state index in [0.717, 1.165) is 11.1 Å². The van der Waals surface area contributed by atoms with E-state index >= 15 is 0 Å². The minimum Gasteiger partial charge on any atom is -0.289 e. The van der Waals surface area contributed by atoms with Gasteiger partial charge in [-0.3, -0.25) is 4.55 Å². The van der Waals surface area contributed by atoms with E-state index < -0.39 is 11.3 Å². The molecule has 0 saturated carbocycles. The van der Waals surface area contributed by atoms with E-state index in [9.17, 15) is 8.76 Å². The summed E-state index contributed by atoms with van der Waals surface area (Å²) in [6, 6.07) is 15.0. The molecule has 1 unspecified atom stereocenters. The monoisotopic (exact) mass is 261 g/mol. The predicted molar refractivity (Wildman–Crippen MR) is 75.3 cm³/mol. The predicted octanol–water partition coefficient (Wildman–Crippen LogP) is 3.58. The van der Waals surface area contributed by atoms with Crippen LogP contribution in [0.1, 0.15) is 11.1 Å². The average molecular weight is 261 g/mol. The summed E-state index contributed by atoms with van der Waals surface area (Å²) in [4.78, 5) is 0. The van der Waals surface area contributed by atoms with Gasteiger partial charge in [0.25, 0.3) is 11.3 Å². The Morgan fingerprint density at radius 3 is 1.44 bits per heavy atom. The Morgan fingerprint density at radius 2 is 1.17 bits per heavy atom. The van der Waals surface area contributed by atoms with Gasteiger partial charge in [0.05, 0.1) is 11.4 Å². The summed E-state index contributed by atoms with van der Waals surface area (Å²) in [6.07, 6.45) is 0. The van der Waals surface area contributed by atoms with Crippen molar-refractivity contribution in [2.24, 2.45) is 0 Å². The van der Waals surface area contributed by atoms with E-state index in [1.54, 1.807) is 0 Å². The number of anilines is 2. The minimum absolute atomic E-state index is 0.699. The maximum absolute atomic E-state index is 11.5. The van der Waals surface area contributed by atoms with Gasteiger partial charge >= 0.3 is 0 Å². The Labute approximate surface area is 109 Å². The fraction of sp³-hybridized carbons (Fsp3) is 0.143. The molecule has 2 aromatic rings. The molecular formula is C14H15NO2S. The van der Waals surface area contributed by atoms with Gasteiger partial charge in [0.2, 0.25) is 0 Å². The van der Waals surface area contributed by atoms with Crippen LogP contribution >= 0.6 is 0 Å². The van der Waals surface area contributed by atoms with Gasteiger partial charge in [-0.2, -0.15) is 0 Å². The third-order valence-electron chi connectivity index (χ3n) is 2.69. The summed E-state index contributed by atoms with van der Waals surface area (Å²) in [7, 11) is 0. The summed E-state index contributed by atoms with van der Waals surface area (Å²) >= 11 is -2.09. The Kier molecular flexibility index (Phi) is 3.79. The fourth-order valence-corrected chi connectivity index (χ4v) is 2.29. The highest BCUT2D eigenvalue weighted by molar-refractivity contribution is 7.81. The Bertz CT molecular complexity index is 504. The van der Waals surface area contributed by atoms with Gasteiger partial charge in [-0.25, -0.2) is 8.51 Å². The van der Waals surface area contributed by atoms with E-state index in [-0.39, 0.29) is 0 Å². The van der Waals surface area contributed by atoms with Crippen LogP contribution in [0.15, 0.2) is 48.5 Å². The quantitative estimate of drug-likeness (QED) is 0.858. The Balaban J connectivity index is 2.43. The molecule has 3 nitrogen and oxygen atoms in total. The summed E-state index contributed by atoms with van der Waals surface area (Å²) in [5.74, 6) is 0. The van der Waals surface area contributed by atoms with Gasteiger partial charge in [0.1, 0.15) is 0 Å². The SMILES string of the molecule is Cc1ccc(N(c2ccc(C)cc2)S(=O)O)cc1. The van der Waals surface area contributed by atoms with Crippen LogP contribution in [0.2, 0.25) is 0 Å². The molecule has 1 atom stereocenters. The standard InChI is InChI=1S/C14H15NO2S/c1-11-3-7-13(8-4-11)15(18(16)17)14-9-5-12(2)6-10-14/h3-10H,1-2H3,(H,16,17). The zero-order valence-corrected chi connectivity index (χ0v) is 11.1. The van der Waals surface area contributed by atoms with E-state index in [2.05, 4.69) is 0 Å². The third-order valence-corrected chi connectivity index (χ3v) is 3.43. The van der Waals surface area contributed by atoms with Crippen molar-refractivity contribution in [2.75, 3.05) is 4.31 Å². The third kappa shape index (κ3) is 2.78. The molecular weight excluding hydrogens is 246 g/mol. The molecule has 2 rings (SSSR count). The first-order chi connectivity index (χ1) is 8.58. The van der Waals surface area contributed by atoms with E-state index in [0.29, 0.717) is 11.4 Å². The van der Waals surface area contributed by atoms with Crippen molar-refractivity contribution >= 4 is 22.6 Å². The number of nitrogens with zero attached hydrogens (tertiary/aromatic N) is 1. The molecule has 0 heterocycles. The van der Waals surface area contributed by atoms with Crippen molar-refractivity contribution in [1.29, 1.82) is 0 Å². The number of hydrogen-bond donors (Lipinski definition) is 1. The van der Waals surface area contributed by atoms with Gasteiger partial charge in [-0.05, 0) is 38.1 Å². The van der Waals surface area contributed by atoms with Gasteiger partial charge in [-0.1, -0.05) is 35.4 Å². The van der Waals surface area contributed by atoms with Crippen molar-refractivity contribution in [3.8, 4) is 0 Å². The Hall–Kier alpha value is -1.65. The topological polar surface area (TPSA) is 40.5 Å². The zero-order valence-electron chi connectivity index (χ0n) is 10.3. The minimum atomic E-state index is -2.09. The number of hydrogen-bond acceptors (Lipinski definition) is 1. The lowest BCUT2D eigenvalue weighted by Crippen LogP contribution is -2.19. The summed E-state index contributed by atoms with van der Waals surface area (Å²) in [5, 5.41) is 0. The number of rotatable bonds is 3. The van der Waals surface area contributed by atoms with E-state index in [4.69, 9.17) is 0 Å². The van der Waals surface area contributed by atoms with Crippen molar-refractivity contribution in [3.63, 3.8) is 0 Å². The molecule has 0 amide bonds. The maximum atomic E-state index is 11.5. The molecule has 94 valence electrons. The molecule has 0 spiro atoms. The molecule has 4 heteroatoms. The van der Waals surface area contributed by atoms with Gasteiger partial charge in [0, 0.05) is 0 Å². The fourth-order valence-electron chi connectivity index (χ4n) is 1.69. The second-order valence-electron chi connectivity index (χ2n) is 4.20.